The summed E-state index contributed by atoms with van der Waals surface area (Å²) in [5, 5.41) is 18.2. The fourth-order valence-corrected chi connectivity index (χ4v) is 3.72. The van der Waals surface area contributed by atoms with E-state index in [4.69, 9.17) is 26.8 Å². The number of benzene rings is 1. The summed E-state index contributed by atoms with van der Waals surface area (Å²) < 4.78 is 10.5. The molecule has 1 saturated heterocycles. The van der Waals surface area contributed by atoms with Gasteiger partial charge in [0.1, 0.15) is 10.4 Å². The Morgan fingerprint density at radius 1 is 1.31 bits per heavy atom. The van der Waals surface area contributed by atoms with Gasteiger partial charge in [-0.2, -0.15) is 0 Å². The number of carbonyl (C=O) groups is 3. The number of thioether (sulfide) groups is 1. The molecule has 1 heterocycles. The van der Waals surface area contributed by atoms with Crippen molar-refractivity contribution in [3.63, 3.8) is 0 Å². The molecule has 0 spiro atoms. The number of aliphatic carboxylic acids is 2. The molecule has 1 amide bonds. The van der Waals surface area contributed by atoms with Crippen LogP contribution in [0.5, 0.6) is 11.5 Å². The first-order valence-electron chi connectivity index (χ1n) is 7.22. The lowest BCUT2D eigenvalue weighted by molar-refractivity contribution is -0.150. The van der Waals surface area contributed by atoms with E-state index < -0.39 is 30.3 Å². The summed E-state index contributed by atoms with van der Waals surface area (Å²) in [6, 6.07) is 3.52. The van der Waals surface area contributed by atoms with E-state index in [9.17, 15) is 19.5 Å². The Morgan fingerprint density at radius 2 is 2.00 bits per heavy atom. The van der Waals surface area contributed by atoms with E-state index in [1.165, 1.54) is 20.3 Å². The largest absolute Gasteiger partial charge is 0.493 e. The first kappa shape index (κ1) is 19.7. The van der Waals surface area contributed by atoms with E-state index in [-0.39, 0.29) is 9.23 Å². The van der Waals surface area contributed by atoms with Gasteiger partial charge in [0.25, 0.3) is 5.91 Å². The Balaban J connectivity index is 2.41. The highest BCUT2D eigenvalue weighted by Crippen LogP contribution is 2.38. The molecule has 8 nitrogen and oxygen atoms in total. The number of thiocarbonyl (C=S) groups is 1. The molecule has 0 bridgehead atoms. The third-order valence-corrected chi connectivity index (χ3v) is 4.84. The summed E-state index contributed by atoms with van der Waals surface area (Å²) in [5.74, 6) is -2.58. The molecule has 1 aromatic carbocycles. The minimum absolute atomic E-state index is 0.0169. The van der Waals surface area contributed by atoms with Crippen LogP contribution in [-0.4, -0.2) is 57.5 Å². The predicted molar refractivity (Wildman–Crippen MR) is 98.2 cm³/mol. The second kappa shape index (κ2) is 8.19. The SMILES string of the molecule is COc1cccc(/C=C2\SC(=S)N([C@@H](CC(=O)O)C(=O)O)C2=O)c1OC. The number of hydrogen-bond donors (Lipinski definition) is 2. The molecule has 0 aliphatic carbocycles. The zero-order valence-corrected chi connectivity index (χ0v) is 15.4. The number of carbonyl (C=O) groups excluding carboxylic acids is 1. The van der Waals surface area contributed by atoms with Gasteiger partial charge in [-0.3, -0.25) is 14.5 Å². The van der Waals surface area contributed by atoms with Crippen molar-refractivity contribution in [3.8, 4) is 11.5 Å². The van der Waals surface area contributed by atoms with Gasteiger partial charge in [0.2, 0.25) is 0 Å². The fraction of sp³-hybridized carbons (Fsp3) is 0.250. The monoisotopic (exact) mass is 397 g/mol. The predicted octanol–water partition coefficient (Wildman–Crippen LogP) is 1.83. The van der Waals surface area contributed by atoms with Crippen LogP contribution in [0, 0.1) is 0 Å². The summed E-state index contributed by atoms with van der Waals surface area (Å²) in [5.41, 5.74) is 0.539. The standard InChI is InChI=1S/C16H15NO7S2/c1-23-10-5-3-4-8(13(10)24-2)6-11-14(20)17(16(25)26-11)9(15(21)22)7-12(18)19/h3-6,9H,7H2,1-2H3,(H,18,19)(H,21,22)/b11-6-/t9-/m0/s1. The zero-order chi connectivity index (χ0) is 19.4. The lowest BCUT2D eigenvalue weighted by Crippen LogP contribution is -2.45. The summed E-state index contributed by atoms with van der Waals surface area (Å²) in [6.07, 6.45) is 0.748. The Morgan fingerprint density at radius 3 is 2.54 bits per heavy atom. The molecule has 138 valence electrons. The van der Waals surface area contributed by atoms with Gasteiger partial charge in [-0.05, 0) is 12.1 Å². The number of hydrogen-bond acceptors (Lipinski definition) is 7. The van der Waals surface area contributed by atoms with Crippen LogP contribution in [0.3, 0.4) is 0 Å². The first-order valence-corrected chi connectivity index (χ1v) is 8.45. The highest BCUT2D eigenvalue weighted by molar-refractivity contribution is 8.26. The van der Waals surface area contributed by atoms with E-state index in [2.05, 4.69) is 0 Å². The van der Waals surface area contributed by atoms with Gasteiger partial charge in [-0.15, -0.1) is 0 Å². The van der Waals surface area contributed by atoms with Crippen LogP contribution in [0.1, 0.15) is 12.0 Å². The van der Waals surface area contributed by atoms with Crippen molar-refractivity contribution in [3.05, 3.63) is 28.7 Å². The maximum absolute atomic E-state index is 12.6. The zero-order valence-electron chi connectivity index (χ0n) is 13.8. The summed E-state index contributed by atoms with van der Waals surface area (Å²) in [6.45, 7) is 0. The summed E-state index contributed by atoms with van der Waals surface area (Å²) in [4.78, 5) is 35.9. The van der Waals surface area contributed by atoms with Crippen molar-refractivity contribution < 1.29 is 34.1 Å². The Kier molecular flexibility index (Phi) is 6.22. The van der Waals surface area contributed by atoms with Crippen molar-refractivity contribution in [2.75, 3.05) is 14.2 Å². The quantitative estimate of drug-likeness (QED) is 0.525. The van der Waals surface area contributed by atoms with Gasteiger partial charge in [0.05, 0.1) is 25.5 Å². The van der Waals surface area contributed by atoms with Crippen LogP contribution in [0.2, 0.25) is 0 Å². The number of ether oxygens (including phenoxy) is 2. The van der Waals surface area contributed by atoms with Crippen molar-refractivity contribution in [2.45, 2.75) is 12.5 Å². The molecule has 1 aliphatic rings. The molecule has 0 aromatic heterocycles. The van der Waals surface area contributed by atoms with Crippen LogP contribution in [-0.2, 0) is 14.4 Å². The van der Waals surface area contributed by atoms with Crippen molar-refractivity contribution in [1.82, 2.24) is 4.90 Å². The number of rotatable bonds is 7. The maximum Gasteiger partial charge on any atom is 0.327 e. The average molecular weight is 397 g/mol. The molecule has 2 N–H and O–H groups in total. The fourth-order valence-electron chi connectivity index (χ4n) is 2.37. The van der Waals surface area contributed by atoms with Crippen LogP contribution in [0.4, 0.5) is 0 Å². The number of amides is 1. The molecular formula is C16H15NO7S2. The summed E-state index contributed by atoms with van der Waals surface area (Å²) in [7, 11) is 2.93. The van der Waals surface area contributed by atoms with Gasteiger partial charge in [0, 0.05) is 5.56 Å². The maximum atomic E-state index is 12.6. The second-order valence-corrected chi connectivity index (χ2v) is 6.76. The first-order chi connectivity index (χ1) is 12.3. The smallest absolute Gasteiger partial charge is 0.327 e. The molecule has 1 fully saturated rings. The van der Waals surface area contributed by atoms with Gasteiger partial charge in [-0.25, -0.2) is 4.79 Å². The van der Waals surface area contributed by atoms with Gasteiger partial charge in [0.15, 0.2) is 11.5 Å². The lowest BCUT2D eigenvalue weighted by Gasteiger charge is -2.21. The average Bonchev–Trinajstić information content (AvgIpc) is 2.85. The molecular weight excluding hydrogens is 382 g/mol. The minimum atomic E-state index is -1.57. The third-order valence-electron chi connectivity index (χ3n) is 3.51. The summed E-state index contributed by atoms with van der Waals surface area (Å²) >= 11 is 5.98. The minimum Gasteiger partial charge on any atom is -0.493 e. The van der Waals surface area contributed by atoms with Crippen LogP contribution < -0.4 is 9.47 Å². The number of carboxylic acids is 2. The van der Waals surface area contributed by atoms with Gasteiger partial charge < -0.3 is 19.7 Å². The van der Waals surface area contributed by atoms with E-state index in [1.807, 2.05) is 0 Å². The van der Waals surface area contributed by atoms with Crippen molar-refractivity contribution in [1.29, 1.82) is 0 Å². The normalized spacial score (nSPS) is 16.7. The molecule has 0 saturated carbocycles. The van der Waals surface area contributed by atoms with Crippen LogP contribution in [0.25, 0.3) is 6.08 Å². The van der Waals surface area contributed by atoms with E-state index in [0.29, 0.717) is 17.1 Å². The highest BCUT2D eigenvalue weighted by atomic mass is 32.2. The molecule has 2 rings (SSSR count). The Hall–Kier alpha value is -2.59. The topological polar surface area (TPSA) is 113 Å². The Labute approximate surface area is 158 Å². The van der Waals surface area contributed by atoms with Crippen molar-refractivity contribution in [2.24, 2.45) is 0 Å². The number of carboxylic acid groups (broad SMARTS) is 2. The van der Waals surface area contributed by atoms with E-state index >= 15 is 0 Å². The van der Waals surface area contributed by atoms with Gasteiger partial charge in [-0.1, -0.05) is 36.1 Å². The Bertz CT molecular complexity index is 806. The van der Waals surface area contributed by atoms with Crippen molar-refractivity contribution >= 4 is 52.2 Å². The number of nitrogens with zero attached hydrogens (tertiary/aromatic N) is 1. The van der Waals surface area contributed by atoms with Crippen LogP contribution in [0.15, 0.2) is 23.1 Å². The molecule has 1 aromatic rings. The van der Waals surface area contributed by atoms with Gasteiger partial charge >= 0.3 is 11.9 Å². The molecule has 0 radical (unpaired) electrons. The van der Waals surface area contributed by atoms with E-state index in [1.54, 1.807) is 18.2 Å². The molecule has 26 heavy (non-hydrogen) atoms. The second-order valence-electron chi connectivity index (χ2n) is 5.09. The molecule has 1 aliphatic heterocycles. The molecule has 1 atom stereocenters. The molecule has 0 unspecified atom stereocenters. The lowest BCUT2D eigenvalue weighted by atomic mass is 10.1. The van der Waals surface area contributed by atoms with Crippen LogP contribution >= 0.6 is 24.0 Å². The highest BCUT2D eigenvalue weighted by Gasteiger charge is 2.41. The number of para-hydroxylation sites is 1. The number of methoxy groups -OCH3 is 2. The third kappa shape index (κ3) is 3.97. The molecule has 10 heteroatoms. The van der Waals surface area contributed by atoms with E-state index in [0.717, 1.165) is 16.7 Å².